The number of anilines is 1. The van der Waals surface area contributed by atoms with Gasteiger partial charge in [0.05, 0.1) is 0 Å². The first kappa shape index (κ1) is 12.6. The predicted molar refractivity (Wildman–Crippen MR) is 73.4 cm³/mol. The third-order valence-corrected chi connectivity index (χ3v) is 3.87. The van der Waals surface area contributed by atoms with Crippen molar-refractivity contribution in [1.29, 1.82) is 0 Å². The van der Waals surface area contributed by atoms with Gasteiger partial charge in [-0.1, -0.05) is 37.3 Å². The van der Waals surface area contributed by atoms with E-state index in [0.29, 0.717) is 5.92 Å². The van der Waals surface area contributed by atoms with Gasteiger partial charge in [0.25, 0.3) is 0 Å². The molecule has 4 heteroatoms. The van der Waals surface area contributed by atoms with Crippen LogP contribution in [0.25, 0.3) is 0 Å². The standard InChI is InChI=1S/C13H21N3S/c1-10(2)8-12-15-16-13(17-12)14-9-11-6-4-3-5-7-11/h3-4,10-11H,5-9H2,1-2H3,(H,14,16). The highest BCUT2D eigenvalue weighted by Gasteiger charge is 2.11. The summed E-state index contributed by atoms with van der Waals surface area (Å²) in [7, 11) is 0. The van der Waals surface area contributed by atoms with E-state index in [2.05, 4.69) is 41.5 Å². The molecule has 0 saturated heterocycles. The fourth-order valence-electron chi connectivity index (χ4n) is 2.03. The SMILES string of the molecule is CC(C)Cc1nnc(NCC2CC=CCC2)s1. The molecule has 1 aliphatic rings. The van der Waals surface area contributed by atoms with Crippen molar-refractivity contribution in [2.75, 3.05) is 11.9 Å². The van der Waals surface area contributed by atoms with E-state index in [-0.39, 0.29) is 0 Å². The zero-order chi connectivity index (χ0) is 12.1. The minimum atomic E-state index is 0.652. The van der Waals surface area contributed by atoms with Crippen LogP contribution in [0.4, 0.5) is 5.13 Å². The van der Waals surface area contributed by atoms with Crippen molar-refractivity contribution in [2.24, 2.45) is 11.8 Å². The molecule has 0 amide bonds. The normalized spacial score (nSPS) is 19.8. The van der Waals surface area contributed by atoms with Gasteiger partial charge in [-0.25, -0.2) is 0 Å². The van der Waals surface area contributed by atoms with E-state index in [0.717, 1.165) is 29.0 Å². The van der Waals surface area contributed by atoms with E-state index in [1.165, 1.54) is 19.3 Å². The van der Waals surface area contributed by atoms with Crippen molar-refractivity contribution in [3.05, 3.63) is 17.2 Å². The van der Waals surface area contributed by atoms with E-state index in [1.54, 1.807) is 11.3 Å². The van der Waals surface area contributed by atoms with Gasteiger partial charge in [-0.15, -0.1) is 10.2 Å². The molecule has 1 unspecified atom stereocenters. The minimum Gasteiger partial charge on any atom is -0.360 e. The topological polar surface area (TPSA) is 37.8 Å². The summed E-state index contributed by atoms with van der Waals surface area (Å²) in [6.07, 6.45) is 9.32. The number of nitrogens with zero attached hydrogens (tertiary/aromatic N) is 2. The third kappa shape index (κ3) is 4.11. The summed E-state index contributed by atoms with van der Waals surface area (Å²) in [5.74, 6) is 1.41. The molecule has 1 aromatic heterocycles. The fraction of sp³-hybridized carbons (Fsp3) is 0.692. The third-order valence-electron chi connectivity index (χ3n) is 2.97. The molecule has 0 spiro atoms. The summed E-state index contributed by atoms with van der Waals surface area (Å²) >= 11 is 1.70. The molecule has 1 N–H and O–H groups in total. The van der Waals surface area contributed by atoms with Gasteiger partial charge in [-0.05, 0) is 31.1 Å². The Morgan fingerprint density at radius 2 is 2.29 bits per heavy atom. The number of rotatable bonds is 5. The smallest absolute Gasteiger partial charge is 0.205 e. The lowest BCUT2D eigenvalue weighted by atomic mass is 9.95. The van der Waals surface area contributed by atoms with Crippen LogP contribution in [-0.4, -0.2) is 16.7 Å². The maximum Gasteiger partial charge on any atom is 0.205 e. The van der Waals surface area contributed by atoms with Crippen molar-refractivity contribution in [3.8, 4) is 0 Å². The van der Waals surface area contributed by atoms with Crippen LogP contribution in [0.1, 0.15) is 38.1 Å². The van der Waals surface area contributed by atoms with Crippen molar-refractivity contribution in [2.45, 2.75) is 39.5 Å². The Hall–Kier alpha value is -0.900. The van der Waals surface area contributed by atoms with E-state index < -0.39 is 0 Å². The molecule has 1 aliphatic carbocycles. The van der Waals surface area contributed by atoms with Gasteiger partial charge in [0, 0.05) is 13.0 Å². The van der Waals surface area contributed by atoms with Crippen LogP contribution >= 0.6 is 11.3 Å². The molecule has 17 heavy (non-hydrogen) atoms. The first-order valence-corrected chi connectivity index (χ1v) is 7.27. The van der Waals surface area contributed by atoms with E-state index in [4.69, 9.17) is 0 Å². The van der Waals surface area contributed by atoms with Crippen molar-refractivity contribution in [1.82, 2.24) is 10.2 Å². The quantitative estimate of drug-likeness (QED) is 0.814. The molecule has 94 valence electrons. The lowest BCUT2D eigenvalue weighted by Gasteiger charge is -2.17. The Kier molecular flexibility index (Phi) is 4.54. The van der Waals surface area contributed by atoms with Crippen molar-refractivity contribution >= 4 is 16.5 Å². The van der Waals surface area contributed by atoms with Gasteiger partial charge in [0.1, 0.15) is 5.01 Å². The number of allylic oxidation sites excluding steroid dienone is 2. The van der Waals surface area contributed by atoms with Gasteiger partial charge >= 0.3 is 0 Å². The molecule has 1 heterocycles. The lowest BCUT2D eigenvalue weighted by Crippen LogP contribution is -2.15. The second kappa shape index (κ2) is 6.15. The van der Waals surface area contributed by atoms with Crippen LogP contribution in [0.15, 0.2) is 12.2 Å². The van der Waals surface area contributed by atoms with Crippen LogP contribution in [0.5, 0.6) is 0 Å². The highest BCUT2D eigenvalue weighted by atomic mass is 32.1. The van der Waals surface area contributed by atoms with Crippen LogP contribution in [0.2, 0.25) is 0 Å². The number of hydrogen-bond acceptors (Lipinski definition) is 4. The molecule has 1 atom stereocenters. The Morgan fingerprint density at radius 3 is 3.00 bits per heavy atom. The fourth-order valence-corrected chi connectivity index (χ4v) is 2.99. The minimum absolute atomic E-state index is 0.652. The molecule has 0 bridgehead atoms. The monoisotopic (exact) mass is 251 g/mol. The number of aromatic nitrogens is 2. The summed E-state index contributed by atoms with van der Waals surface area (Å²) in [5.41, 5.74) is 0. The van der Waals surface area contributed by atoms with E-state index in [9.17, 15) is 0 Å². The Balaban J connectivity index is 1.78. The summed E-state index contributed by atoms with van der Waals surface area (Å²) in [6.45, 7) is 5.45. The average Bonchev–Trinajstić information content (AvgIpc) is 2.75. The highest BCUT2D eigenvalue weighted by molar-refractivity contribution is 7.15. The van der Waals surface area contributed by atoms with Crippen LogP contribution in [-0.2, 0) is 6.42 Å². The molecule has 0 aromatic carbocycles. The van der Waals surface area contributed by atoms with E-state index >= 15 is 0 Å². The van der Waals surface area contributed by atoms with Gasteiger partial charge in [-0.3, -0.25) is 0 Å². The maximum atomic E-state index is 4.21. The molecule has 0 saturated carbocycles. The molecule has 1 aromatic rings. The Bertz CT molecular complexity index is 370. The molecular weight excluding hydrogens is 230 g/mol. The molecule has 0 radical (unpaired) electrons. The van der Waals surface area contributed by atoms with Gasteiger partial charge in [0.15, 0.2) is 0 Å². The van der Waals surface area contributed by atoms with E-state index in [1.807, 2.05) is 0 Å². The van der Waals surface area contributed by atoms with Gasteiger partial charge < -0.3 is 5.32 Å². The number of nitrogens with one attached hydrogen (secondary N) is 1. The van der Waals surface area contributed by atoms with Gasteiger partial charge in [-0.2, -0.15) is 0 Å². The average molecular weight is 251 g/mol. The Morgan fingerprint density at radius 1 is 1.41 bits per heavy atom. The zero-order valence-corrected chi connectivity index (χ0v) is 11.5. The van der Waals surface area contributed by atoms with Crippen molar-refractivity contribution < 1.29 is 0 Å². The molecule has 3 nitrogen and oxygen atoms in total. The first-order chi connectivity index (χ1) is 8.24. The van der Waals surface area contributed by atoms with Crippen LogP contribution in [0, 0.1) is 11.8 Å². The summed E-state index contributed by atoms with van der Waals surface area (Å²) in [5, 5.41) is 14.0. The lowest BCUT2D eigenvalue weighted by molar-refractivity contribution is 0.504. The first-order valence-electron chi connectivity index (χ1n) is 6.45. The molecule has 2 rings (SSSR count). The highest BCUT2D eigenvalue weighted by Crippen LogP contribution is 2.21. The molecule has 0 fully saturated rings. The maximum absolute atomic E-state index is 4.21. The van der Waals surface area contributed by atoms with Crippen LogP contribution in [0.3, 0.4) is 0 Å². The summed E-state index contributed by atoms with van der Waals surface area (Å²) in [6, 6.07) is 0. The molecular formula is C13H21N3S. The zero-order valence-electron chi connectivity index (χ0n) is 10.6. The largest absolute Gasteiger partial charge is 0.360 e. The molecule has 0 aliphatic heterocycles. The second-order valence-corrected chi connectivity index (χ2v) is 6.19. The predicted octanol–water partition coefficient (Wildman–Crippen LogP) is 3.50. The second-order valence-electron chi connectivity index (χ2n) is 5.13. The summed E-state index contributed by atoms with van der Waals surface area (Å²) < 4.78 is 0. The number of hydrogen-bond donors (Lipinski definition) is 1. The van der Waals surface area contributed by atoms with Gasteiger partial charge in [0.2, 0.25) is 5.13 Å². The van der Waals surface area contributed by atoms with Crippen LogP contribution < -0.4 is 5.32 Å². The van der Waals surface area contributed by atoms with Crippen molar-refractivity contribution in [3.63, 3.8) is 0 Å². The Labute approximate surface area is 107 Å². The summed E-state index contributed by atoms with van der Waals surface area (Å²) in [4.78, 5) is 0.